The molecule has 1 amide bonds. The van der Waals surface area contributed by atoms with Crippen LogP contribution in [0.25, 0.3) is 11.1 Å². The molecule has 17 heteroatoms. The number of methoxy groups -OCH3 is 1. The molecule has 6 aromatic rings. The number of pyridine rings is 1. The topological polar surface area (TPSA) is 170 Å². The lowest BCUT2D eigenvalue weighted by molar-refractivity contribution is -0.145. The van der Waals surface area contributed by atoms with Crippen molar-refractivity contribution in [2.75, 3.05) is 44.9 Å². The number of anilines is 1. The fourth-order valence-corrected chi connectivity index (χ4v) is 10.2. The number of esters is 1. The molecule has 1 unspecified atom stereocenters. The Labute approximate surface area is 403 Å². The second-order valence-electron chi connectivity index (χ2n) is 16.5. The number of nitrogens with one attached hydrogen (secondary N) is 1. The molecule has 3 aliphatic heterocycles. The number of ether oxygens (including phenoxy) is 5. The summed E-state index contributed by atoms with van der Waals surface area (Å²) < 4.78 is 60.0. The summed E-state index contributed by atoms with van der Waals surface area (Å²) in [6.45, 7) is 2.60. The number of fused-ring (bicyclic) bond motifs is 2. The van der Waals surface area contributed by atoms with E-state index in [9.17, 15) is 23.3 Å². The molecule has 1 saturated heterocycles. The number of nitrogens with zero attached hydrogens (tertiary/aromatic N) is 4. The van der Waals surface area contributed by atoms with Crippen LogP contribution >= 0.6 is 23.2 Å². The van der Waals surface area contributed by atoms with Crippen LogP contribution in [0.15, 0.2) is 126 Å². The van der Waals surface area contributed by atoms with Crippen molar-refractivity contribution in [2.24, 2.45) is 0 Å². The van der Waals surface area contributed by atoms with E-state index in [1.54, 1.807) is 42.5 Å². The lowest BCUT2D eigenvalue weighted by Crippen LogP contribution is -2.56. The zero-order valence-corrected chi connectivity index (χ0v) is 39.1. The van der Waals surface area contributed by atoms with Gasteiger partial charge in [-0.2, -0.15) is 9.57 Å². The highest BCUT2D eigenvalue weighted by Crippen LogP contribution is 2.42. The standard InChI is InChI=1S/C51H45Cl2N5O9S/c1-63-51(60)44(23-32-2-7-35(8-3-32)36-9-4-33(27-54)5-10-36)56-50(59)45-24-38-25-46-47(26-39(38)29-58(45)68(61,62)41-15-17-49(55-28-41)57-18-20-64-21-19-57)67-48(31-66-46)37-11-13-40(14-12-37)65-30-34-6-16-42(52)43(53)22-34/h2-17,22,25-26,28,44-45,48H,18-21,23-24,29-31H2,1H3,(H,56,59)/t44-,45?,48+/m0/s1. The molecule has 4 heterocycles. The third kappa shape index (κ3) is 10.3. The van der Waals surface area contributed by atoms with Crippen molar-refractivity contribution in [3.8, 4) is 34.4 Å². The first-order chi connectivity index (χ1) is 32.9. The van der Waals surface area contributed by atoms with Gasteiger partial charge in [0, 0.05) is 32.3 Å². The molecule has 1 aromatic heterocycles. The van der Waals surface area contributed by atoms with E-state index in [0.29, 0.717) is 82.7 Å². The first-order valence-corrected chi connectivity index (χ1v) is 24.1. The number of amides is 1. The summed E-state index contributed by atoms with van der Waals surface area (Å²) in [5, 5.41) is 12.9. The third-order valence-corrected chi connectivity index (χ3v) is 14.7. The minimum Gasteiger partial charge on any atom is -0.489 e. The van der Waals surface area contributed by atoms with Crippen molar-refractivity contribution in [1.29, 1.82) is 5.26 Å². The van der Waals surface area contributed by atoms with Gasteiger partial charge in [-0.1, -0.05) is 77.8 Å². The van der Waals surface area contributed by atoms with E-state index >= 15 is 0 Å². The third-order valence-electron chi connectivity index (χ3n) is 12.2. The predicted octanol–water partition coefficient (Wildman–Crippen LogP) is 7.87. The van der Waals surface area contributed by atoms with Crippen molar-refractivity contribution in [2.45, 2.75) is 49.1 Å². The van der Waals surface area contributed by atoms with Gasteiger partial charge in [-0.3, -0.25) is 4.79 Å². The SMILES string of the molecule is COC(=O)[C@H](Cc1ccc(-c2ccc(C#N)cc2)cc1)NC(=O)C1Cc2cc3c(cc2CN1S(=O)(=O)c1ccc(N2CCOCC2)nc1)O[C@@H](c1ccc(OCc2ccc(Cl)c(Cl)c2)cc1)CO3. The lowest BCUT2D eigenvalue weighted by atomic mass is 9.93. The Balaban J connectivity index is 0.954. The van der Waals surface area contributed by atoms with E-state index in [0.717, 1.165) is 32.1 Å². The maximum absolute atomic E-state index is 14.7. The molecule has 5 aromatic carbocycles. The molecule has 0 radical (unpaired) electrons. The average Bonchev–Trinajstić information content (AvgIpc) is 3.38. The second kappa shape index (κ2) is 20.3. The number of hydrogen-bond donors (Lipinski definition) is 1. The zero-order chi connectivity index (χ0) is 47.4. The largest absolute Gasteiger partial charge is 0.489 e. The van der Waals surface area contributed by atoms with Crippen LogP contribution < -0.4 is 24.4 Å². The maximum Gasteiger partial charge on any atom is 0.328 e. The van der Waals surface area contributed by atoms with Crippen LogP contribution in [-0.2, 0) is 55.1 Å². The van der Waals surface area contributed by atoms with Crippen molar-refractivity contribution in [3.05, 3.63) is 165 Å². The van der Waals surface area contributed by atoms with Crippen LogP contribution in [-0.4, -0.2) is 81.7 Å². The summed E-state index contributed by atoms with van der Waals surface area (Å²) in [5.41, 5.74) is 6.11. The van der Waals surface area contributed by atoms with Crippen LogP contribution in [0.1, 0.15) is 39.5 Å². The molecule has 0 bridgehead atoms. The summed E-state index contributed by atoms with van der Waals surface area (Å²) in [5.74, 6) is 0.762. The monoisotopic (exact) mass is 973 g/mol. The van der Waals surface area contributed by atoms with Crippen LogP contribution in [0.2, 0.25) is 10.0 Å². The summed E-state index contributed by atoms with van der Waals surface area (Å²) in [4.78, 5) is 34.3. The Hall–Kier alpha value is -6.67. The first-order valence-electron chi connectivity index (χ1n) is 21.9. The van der Waals surface area contributed by atoms with Gasteiger partial charge in [0.2, 0.25) is 15.9 Å². The molecule has 0 saturated carbocycles. The number of halogens is 2. The zero-order valence-electron chi connectivity index (χ0n) is 36.8. The Bertz CT molecular complexity index is 2970. The van der Waals surface area contributed by atoms with Crippen LogP contribution in [0, 0.1) is 11.3 Å². The molecule has 14 nitrogen and oxygen atoms in total. The lowest BCUT2D eigenvalue weighted by Gasteiger charge is -2.37. The molecule has 9 rings (SSSR count). The predicted molar refractivity (Wildman–Crippen MR) is 254 cm³/mol. The van der Waals surface area contributed by atoms with Crippen molar-refractivity contribution in [1.82, 2.24) is 14.6 Å². The van der Waals surface area contributed by atoms with Crippen LogP contribution in [0.4, 0.5) is 5.82 Å². The number of carbonyl (C=O) groups excluding carboxylic acids is 2. The molecule has 68 heavy (non-hydrogen) atoms. The number of morpholine rings is 1. The Morgan fingerprint density at radius 1 is 0.868 bits per heavy atom. The molecule has 0 aliphatic carbocycles. The average molecular weight is 975 g/mol. The maximum atomic E-state index is 14.7. The number of aromatic nitrogens is 1. The Morgan fingerprint density at radius 2 is 1.57 bits per heavy atom. The fraction of sp³-hybridized carbons (Fsp3) is 0.255. The van der Waals surface area contributed by atoms with Crippen molar-refractivity contribution >= 4 is 50.9 Å². The van der Waals surface area contributed by atoms with E-state index in [4.69, 9.17) is 46.9 Å². The van der Waals surface area contributed by atoms with E-state index in [1.807, 2.05) is 71.6 Å². The summed E-state index contributed by atoms with van der Waals surface area (Å²) in [6, 6.07) is 33.9. The fourth-order valence-electron chi connectivity index (χ4n) is 8.39. The van der Waals surface area contributed by atoms with Crippen molar-refractivity contribution in [3.63, 3.8) is 0 Å². The molecule has 1 N–H and O–H groups in total. The molecule has 0 spiro atoms. The van der Waals surface area contributed by atoms with E-state index in [1.165, 1.54) is 19.4 Å². The number of benzene rings is 5. The number of carbonyl (C=O) groups is 2. The van der Waals surface area contributed by atoms with E-state index < -0.39 is 40.1 Å². The number of hydrogen-bond acceptors (Lipinski definition) is 12. The van der Waals surface area contributed by atoms with Gasteiger partial charge < -0.3 is 33.9 Å². The summed E-state index contributed by atoms with van der Waals surface area (Å²) in [7, 11) is -3.14. The van der Waals surface area contributed by atoms with E-state index in [2.05, 4.69) is 16.4 Å². The van der Waals surface area contributed by atoms with Crippen LogP contribution in [0.5, 0.6) is 17.2 Å². The van der Waals surface area contributed by atoms with Crippen molar-refractivity contribution < 1.29 is 41.7 Å². The first kappa shape index (κ1) is 46.4. The molecule has 1 fully saturated rings. The van der Waals surface area contributed by atoms with Gasteiger partial charge >= 0.3 is 5.97 Å². The highest BCUT2D eigenvalue weighted by Gasteiger charge is 2.42. The van der Waals surface area contributed by atoms with Gasteiger partial charge in [-0.05, 0) is 106 Å². The smallest absolute Gasteiger partial charge is 0.328 e. The van der Waals surface area contributed by atoms with Gasteiger partial charge in [0.1, 0.15) is 41.8 Å². The minimum absolute atomic E-state index is 0.0311. The molecular weight excluding hydrogens is 930 g/mol. The van der Waals surface area contributed by atoms with Gasteiger partial charge in [-0.15, -0.1) is 0 Å². The van der Waals surface area contributed by atoms with Gasteiger partial charge in [-0.25, -0.2) is 18.2 Å². The highest BCUT2D eigenvalue weighted by molar-refractivity contribution is 7.89. The second-order valence-corrected chi connectivity index (χ2v) is 19.2. The molecule has 348 valence electrons. The molecule has 3 aliphatic rings. The molecular formula is C51H45Cl2N5O9S. The molecule has 3 atom stereocenters. The minimum atomic E-state index is -4.37. The quantitative estimate of drug-likeness (QED) is 0.111. The summed E-state index contributed by atoms with van der Waals surface area (Å²) >= 11 is 12.2. The Kier molecular flexibility index (Phi) is 13.9. The van der Waals surface area contributed by atoms with Crippen LogP contribution in [0.3, 0.4) is 0 Å². The number of rotatable bonds is 13. The number of nitriles is 1. The van der Waals surface area contributed by atoms with Gasteiger partial charge in [0.25, 0.3) is 0 Å². The normalized spacial score (nSPS) is 17.3. The van der Waals surface area contributed by atoms with E-state index in [-0.39, 0.29) is 30.9 Å². The number of sulfonamides is 1. The Morgan fingerprint density at radius 3 is 2.25 bits per heavy atom. The highest BCUT2D eigenvalue weighted by atomic mass is 35.5. The summed E-state index contributed by atoms with van der Waals surface area (Å²) in [6.07, 6.45) is 0.867. The van der Waals surface area contributed by atoms with Gasteiger partial charge in [0.05, 0.1) is 42.0 Å². The van der Waals surface area contributed by atoms with Gasteiger partial charge in [0.15, 0.2) is 17.6 Å².